The van der Waals surface area contributed by atoms with Crippen molar-refractivity contribution in [3.63, 3.8) is 0 Å². The predicted octanol–water partition coefficient (Wildman–Crippen LogP) is 3.24. The Labute approximate surface area is 119 Å². The number of oxazole rings is 1. The van der Waals surface area contributed by atoms with Gasteiger partial charge in [-0.3, -0.25) is 4.79 Å². The highest BCUT2D eigenvalue weighted by atomic mass is 19.4. The molecule has 0 radical (unpaired) electrons. The standard InChI is InChI=1S/C14H13F3N2O2/c1-8-12(21-9(2)19-8)7-18-13(20)10-3-5-11(6-4-10)14(15,16)17/h3-6H,7H2,1-2H3,(H,18,20). The summed E-state index contributed by atoms with van der Waals surface area (Å²) in [6.45, 7) is 3.57. The Balaban J connectivity index is 2.02. The third-order valence-electron chi connectivity index (χ3n) is 2.88. The van der Waals surface area contributed by atoms with Crippen molar-refractivity contribution in [2.75, 3.05) is 0 Å². The summed E-state index contributed by atoms with van der Waals surface area (Å²) < 4.78 is 42.5. The van der Waals surface area contributed by atoms with Crippen LogP contribution in [0.2, 0.25) is 0 Å². The first-order valence-electron chi connectivity index (χ1n) is 6.16. The summed E-state index contributed by atoms with van der Waals surface area (Å²) in [5, 5.41) is 2.57. The molecule has 1 amide bonds. The van der Waals surface area contributed by atoms with Crippen LogP contribution in [0, 0.1) is 13.8 Å². The summed E-state index contributed by atoms with van der Waals surface area (Å²) in [5.41, 5.74) is 0.0258. The molecule has 0 bridgehead atoms. The Morgan fingerprint density at radius 2 is 1.86 bits per heavy atom. The molecule has 2 rings (SSSR count). The van der Waals surface area contributed by atoms with Gasteiger partial charge in [0.15, 0.2) is 5.89 Å². The van der Waals surface area contributed by atoms with Crippen LogP contribution in [0.5, 0.6) is 0 Å². The van der Waals surface area contributed by atoms with Crippen molar-refractivity contribution in [2.45, 2.75) is 26.6 Å². The number of carbonyl (C=O) groups is 1. The zero-order valence-corrected chi connectivity index (χ0v) is 11.4. The topological polar surface area (TPSA) is 55.1 Å². The number of hydrogen-bond donors (Lipinski definition) is 1. The summed E-state index contributed by atoms with van der Waals surface area (Å²) in [6.07, 6.45) is -4.41. The number of nitrogens with zero attached hydrogens (tertiary/aromatic N) is 1. The minimum Gasteiger partial charge on any atom is -0.444 e. The minimum atomic E-state index is -4.41. The molecule has 0 aliphatic heterocycles. The van der Waals surface area contributed by atoms with Crippen LogP contribution in [0.3, 0.4) is 0 Å². The van der Waals surface area contributed by atoms with Crippen LogP contribution in [0.15, 0.2) is 28.7 Å². The average molecular weight is 298 g/mol. The van der Waals surface area contributed by atoms with Gasteiger partial charge in [-0.15, -0.1) is 0 Å². The molecule has 0 atom stereocenters. The smallest absolute Gasteiger partial charge is 0.416 e. The number of amides is 1. The molecule has 21 heavy (non-hydrogen) atoms. The van der Waals surface area contributed by atoms with E-state index in [1.54, 1.807) is 13.8 Å². The molecule has 7 heteroatoms. The Morgan fingerprint density at radius 3 is 2.33 bits per heavy atom. The summed E-state index contributed by atoms with van der Waals surface area (Å²) in [6, 6.07) is 4.02. The van der Waals surface area contributed by atoms with Gasteiger partial charge in [-0.2, -0.15) is 13.2 Å². The number of aryl methyl sites for hydroxylation is 2. The third-order valence-corrected chi connectivity index (χ3v) is 2.88. The van der Waals surface area contributed by atoms with E-state index in [1.165, 1.54) is 0 Å². The Hall–Kier alpha value is -2.31. The first kappa shape index (κ1) is 15.1. The summed E-state index contributed by atoms with van der Waals surface area (Å²) in [7, 11) is 0. The van der Waals surface area contributed by atoms with Gasteiger partial charge in [0.2, 0.25) is 0 Å². The molecule has 1 aromatic carbocycles. The second-order valence-electron chi connectivity index (χ2n) is 4.50. The highest BCUT2D eigenvalue weighted by Gasteiger charge is 2.30. The largest absolute Gasteiger partial charge is 0.444 e. The van der Waals surface area contributed by atoms with E-state index in [0.29, 0.717) is 17.3 Å². The van der Waals surface area contributed by atoms with Gasteiger partial charge in [-0.1, -0.05) is 0 Å². The van der Waals surface area contributed by atoms with E-state index in [4.69, 9.17) is 4.42 Å². The van der Waals surface area contributed by atoms with Gasteiger partial charge < -0.3 is 9.73 Å². The average Bonchev–Trinajstić information content (AvgIpc) is 2.73. The van der Waals surface area contributed by atoms with Crippen molar-refractivity contribution >= 4 is 5.91 Å². The molecular weight excluding hydrogens is 285 g/mol. The van der Waals surface area contributed by atoms with Gasteiger partial charge in [-0.05, 0) is 31.2 Å². The number of nitrogens with one attached hydrogen (secondary N) is 1. The van der Waals surface area contributed by atoms with E-state index in [0.717, 1.165) is 24.3 Å². The molecule has 0 saturated heterocycles. The van der Waals surface area contributed by atoms with Crippen molar-refractivity contribution < 1.29 is 22.4 Å². The number of hydrogen-bond acceptors (Lipinski definition) is 3. The van der Waals surface area contributed by atoms with Gasteiger partial charge in [0, 0.05) is 12.5 Å². The molecule has 2 aromatic rings. The summed E-state index contributed by atoms with van der Waals surface area (Å²) >= 11 is 0. The number of alkyl halides is 3. The number of benzene rings is 1. The second kappa shape index (κ2) is 5.59. The molecule has 0 aliphatic carbocycles. The van der Waals surface area contributed by atoms with Crippen molar-refractivity contribution in [2.24, 2.45) is 0 Å². The number of halogens is 3. The lowest BCUT2D eigenvalue weighted by molar-refractivity contribution is -0.137. The fourth-order valence-electron chi connectivity index (χ4n) is 1.81. The Morgan fingerprint density at radius 1 is 1.24 bits per heavy atom. The lowest BCUT2D eigenvalue weighted by Crippen LogP contribution is -2.23. The van der Waals surface area contributed by atoms with E-state index in [2.05, 4.69) is 10.3 Å². The fourth-order valence-corrected chi connectivity index (χ4v) is 1.81. The van der Waals surface area contributed by atoms with Gasteiger partial charge in [0.25, 0.3) is 5.91 Å². The zero-order chi connectivity index (χ0) is 15.6. The Kier molecular flexibility index (Phi) is 4.02. The lowest BCUT2D eigenvalue weighted by atomic mass is 10.1. The van der Waals surface area contributed by atoms with E-state index in [9.17, 15) is 18.0 Å². The molecule has 1 aromatic heterocycles. The SMILES string of the molecule is Cc1nc(C)c(CNC(=O)c2ccc(C(F)(F)F)cc2)o1. The first-order valence-corrected chi connectivity index (χ1v) is 6.16. The maximum absolute atomic E-state index is 12.4. The fraction of sp³-hybridized carbons (Fsp3) is 0.286. The predicted molar refractivity (Wildman–Crippen MR) is 68.6 cm³/mol. The van der Waals surface area contributed by atoms with Crippen LogP contribution < -0.4 is 5.32 Å². The molecule has 0 aliphatic rings. The van der Waals surface area contributed by atoms with Crippen molar-refractivity contribution in [1.29, 1.82) is 0 Å². The van der Waals surface area contributed by atoms with Crippen LogP contribution in [0.4, 0.5) is 13.2 Å². The minimum absolute atomic E-state index is 0.131. The van der Waals surface area contributed by atoms with Crippen LogP contribution in [0.25, 0.3) is 0 Å². The summed E-state index contributed by atoms with van der Waals surface area (Å²) in [4.78, 5) is 15.9. The highest BCUT2D eigenvalue weighted by Crippen LogP contribution is 2.29. The number of rotatable bonds is 3. The molecule has 0 spiro atoms. The van der Waals surface area contributed by atoms with Crippen molar-refractivity contribution in [3.05, 3.63) is 52.7 Å². The molecular formula is C14H13F3N2O2. The molecule has 1 N–H and O–H groups in total. The summed E-state index contributed by atoms with van der Waals surface area (Å²) in [5.74, 6) is 0.538. The maximum atomic E-state index is 12.4. The van der Waals surface area contributed by atoms with Crippen LogP contribution in [-0.4, -0.2) is 10.9 Å². The zero-order valence-electron chi connectivity index (χ0n) is 11.4. The van der Waals surface area contributed by atoms with Gasteiger partial charge in [0.05, 0.1) is 17.8 Å². The molecule has 4 nitrogen and oxygen atoms in total. The molecule has 1 heterocycles. The number of carbonyl (C=O) groups excluding carboxylic acids is 1. The highest BCUT2D eigenvalue weighted by molar-refractivity contribution is 5.94. The monoisotopic (exact) mass is 298 g/mol. The first-order chi connectivity index (χ1) is 9.77. The van der Waals surface area contributed by atoms with Crippen molar-refractivity contribution in [1.82, 2.24) is 10.3 Å². The van der Waals surface area contributed by atoms with E-state index in [-0.39, 0.29) is 12.1 Å². The molecule has 0 fully saturated rings. The maximum Gasteiger partial charge on any atom is 0.416 e. The van der Waals surface area contributed by atoms with Crippen LogP contribution in [0.1, 0.15) is 33.3 Å². The van der Waals surface area contributed by atoms with Gasteiger partial charge in [0.1, 0.15) is 5.76 Å². The molecule has 112 valence electrons. The van der Waals surface area contributed by atoms with E-state index >= 15 is 0 Å². The van der Waals surface area contributed by atoms with Crippen molar-refractivity contribution in [3.8, 4) is 0 Å². The Bertz CT molecular complexity index is 645. The van der Waals surface area contributed by atoms with E-state index < -0.39 is 17.6 Å². The van der Waals surface area contributed by atoms with Gasteiger partial charge >= 0.3 is 6.18 Å². The lowest BCUT2D eigenvalue weighted by Gasteiger charge is -2.08. The second-order valence-corrected chi connectivity index (χ2v) is 4.50. The van der Waals surface area contributed by atoms with E-state index in [1.807, 2.05) is 0 Å². The third kappa shape index (κ3) is 3.62. The molecule has 0 saturated carbocycles. The number of aromatic nitrogens is 1. The van der Waals surface area contributed by atoms with Crippen LogP contribution >= 0.6 is 0 Å². The quantitative estimate of drug-likeness (QED) is 0.946. The normalized spacial score (nSPS) is 11.5. The molecule has 0 unspecified atom stereocenters. The van der Waals surface area contributed by atoms with Gasteiger partial charge in [-0.25, -0.2) is 4.98 Å². The van der Waals surface area contributed by atoms with Crippen LogP contribution in [-0.2, 0) is 12.7 Å².